The number of hydrogen-bond donors (Lipinski definition) is 3. The van der Waals surface area contributed by atoms with Crippen molar-refractivity contribution in [2.45, 2.75) is 67.6 Å². The Bertz CT molecular complexity index is 1930. The maximum atomic E-state index is 12.1. The fourth-order valence-electron chi connectivity index (χ4n) is 6.27. The number of ether oxygens (including phenoxy) is 2. The molecule has 48 heavy (non-hydrogen) atoms. The molecule has 0 amide bonds. The Morgan fingerprint density at radius 2 is 1.54 bits per heavy atom. The summed E-state index contributed by atoms with van der Waals surface area (Å²) in [5, 5.41) is 0. The van der Waals surface area contributed by atoms with Crippen molar-refractivity contribution in [1.29, 1.82) is 0 Å². The van der Waals surface area contributed by atoms with E-state index < -0.39 is 46.9 Å². The van der Waals surface area contributed by atoms with E-state index in [1.165, 1.54) is 24.3 Å². The molecule has 0 radical (unpaired) electrons. The Hall–Kier alpha value is -2.89. The number of fused-ring (bicyclic) bond motifs is 1. The van der Waals surface area contributed by atoms with Crippen molar-refractivity contribution >= 4 is 36.0 Å². The number of rotatable bonds is 16. The summed E-state index contributed by atoms with van der Waals surface area (Å²) in [5.74, 6) is -0.507. The predicted molar refractivity (Wildman–Crippen MR) is 184 cm³/mol. The summed E-state index contributed by atoms with van der Waals surface area (Å²) >= 11 is 0. The molecular formula is C33H45NO11S3. The van der Waals surface area contributed by atoms with Crippen molar-refractivity contribution < 1.29 is 48.4 Å². The Balaban J connectivity index is 2.23. The van der Waals surface area contributed by atoms with E-state index in [4.69, 9.17) is 9.47 Å². The molecule has 2 unspecified atom stereocenters. The van der Waals surface area contributed by atoms with E-state index in [-0.39, 0.29) is 22.6 Å². The Kier molecular flexibility index (Phi) is 12.3. The van der Waals surface area contributed by atoms with E-state index in [2.05, 4.69) is 6.58 Å². The van der Waals surface area contributed by atoms with Gasteiger partial charge in [0.25, 0.3) is 30.4 Å². The third kappa shape index (κ3) is 9.01. The molecule has 266 valence electrons. The SMILES string of the molecule is C=C(/C=C(C)/C=C1/N(CCOC)c2ccc(S(=O)(=O)O)cc2C1(C)CCCS(=O)(=O)O)C(C)(CCOC)c1cc(S(=O)(=O)O)ccc1C. The topological polar surface area (TPSA) is 185 Å². The number of methoxy groups -OCH3 is 2. The average molecular weight is 728 g/mol. The molecule has 1 aliphatic heterocycles. The standard InChI is InChI=1S/C33H45NO11S3/c1-23(19-25(3)32(4,14-16-44-6)28-21-26(47(38,39)40)10-9-24(28)2)20-31-33(5,13-8-18-46(35,36)37)29-22-27(48(41,42)43)11-12-30(29)34(31)15-17-45-7/h9-12,19-22H,3,8,13-18H2,1-2,4-7H3,(H,35,36,37)(H,38,39,40)(H,41,42,43)/b23-19+,31-20+. The molecule has 0 spiro atoms. The Morgan fingerprint density at radius 1 is 0.958 bits per heavy atom. The molecule has 1 heterocycles. The third-order valence-corrected chi connectivity index (χ3v) is 11.5. The van der Waals surface area contributed by atoms with Crippen molar-refractivity contribution in [3.05, 3.63) is 88.7 Å². The summed E-state index contributed by atoms with van der Waals surface area (Å²) in [6, 6.07) is 8.65. The molecule has 2 atom stereocenters. The van der Waals surface area contributed by atoms with Gasteiger partial charge < -0.3 is 14.4 Å². The minimum Gasteiger partial charge on any atom is -0.385 e. The van der Waals surface area contributed by atoms with Gasteiger partial charge in [-0.25, -0.2) is 0 Å². The molecule has 0 saturated heterocycles. The van der Waals surface area contributed by atoms with E-state index >= 15 is 0 Å². The first-order valence-corrected chi connectivity index (χ1v) is 19.6. The molecular weight excluding hydrogens is 683 g/mol. The highest BCUT2D eigenvalue weighted by Gasteiger charge is 2.44. The molecule has 0 bridgehead atoms. The summed E-state index contributed by atoms with van der Waals surface area (Å²) in [6.45, 7) is 12.8. The van der Waals surface area contributed by atoms with Crippen LogP contribution < -0.4 is 4.90 Å². The van der Waals surface area contributed by atoms with Crippen molar-refractivity contribution in [2.75, 3.05) is 44.6 Å². The number of nitrogens with zero attached hydrogens (tertiary/aromatic N) is 1. The highest BCUT2D eigenvalue weighted by molar-refractivity contribution is 7.86. The normalized spacial score (nSPS) is 19.4. The summed E-state index contributed by atoms with van der Waals surface area (Å²) in [7, 11) is -10.2. The van der Waals surface area contributed by atoms with E-state index in [1.807, 2.05) is 44.7 Å². The monoisotopic (exact) mass is 727 g/mol. The molecule has 3 rings (SSSR count). The molecule has 2 aromatic carbocycles. The number of hydrogen-bond acceptors (Lipinski definition) is 9. The molecule has 12 nitrogen and oxygen atoms in total. The molecule has 0 aromatic heterocycles. The first-order valence-electron chi connectivity index (χ1n) is 15.1. The van der Waals surface area contributed by atoms with Gasteiger partial charge >= 0.3 is 0 Å². The van der Waals surface area contributed by atoms with Crippen molar-refractivity contribution in [3.63, 3.8) is 0 Å². The summed E-state index contributed by atoms with van der Waals surface area (Å²) in [4.78, 5) is 1.39. The molecule has 0 fully saturated rings. The molecule has 0 aliphatic carbocycles. The van der Waals surface area contributed by atoms with Crippen LogP contribution in [0.2, 0.25) is 0 Å². The second-order valence-corrected chi connectivity index (χ2v) is 16.9. The van der Waals surface area contributed by atoms with Crippen LogP contribution in [0.1, 0.15) is 56.7 Å². The van der Waals surface area contributed by atoms with Gasteiger partial charge in [-0.1, -0.05) is 25.6 Å². The van der Waals surface area contributed by atoms with E-state index in [1.54, 1.807) is 26.4 Å². The molecule has 15 heteroatoms. The van der Waals surface area contributed by atoms with Gasteiger partial charge in [-0.2, -0.15) is 25.3 Å². The van der Waals surface area contributed by atoms with E-state index in [0.29, 0.717) is 59.8 Å². The predicted octanol–water partition coefficient (Wildman–Crippen LogP) is 5.26. The minimum absolute atomic E-state index is 0.0499. The van der Waals surface area contributed by atoms with Crippen LogP contribution in [-0.2, 0) is 50.7 Å². The molecule has 0 saturated carbocycles. The zero-order valence-corrected chi connectivity index (χ0v) is 30.5. The Morgan fingerprint density at radius 3 is 2.10 bits per heavy atom. The minimum atomic E-state index is -4.56. The average Bonchev–Trinajstić information content (AvgIpc) is 3.19. The second-order valence-electron chi connectivity index (χ2n) is 12.5. The van der Waals surface area contributed by atoms with Crippen LogP contribution in [0.25, 0.3) is 0 Å². The Labute approximate surface area is 284 Å². The summed E-state index contributed by atoms with van der Waals surface area (Å²) in [6.07, 6.45) is 4.41. The van der Waals surface area contributed by atoms with Gasteiger partial charge in [0.15, 0.2) is 0 Å². The quantitative estimate of drug-likeness (QED) is 0.151. The largest absolute Gasteiger partial charge is 0.385 e. The fraction of sp³-hybridized carbons (Fsp3) is 0.455. The highest BCUT2D eigenvalue weighted by Crippen LogP contribution is 2.51. The number of aryl methyl sites for hydroxylation is 1. The van der Waals surface area contributed by atoms with Crippen molar-refractivity contribution in [2.24, 2.45) is 0 Å². The van der Waals surface area contributed by atoms with Crippen LogP contribution in [0.4, 0.5) is 5.69 Å². The lowest BCUT2D eigenvalue weighted by molar-refractivity contribution is 0.178. The van der Waals surface area contributed by atoms with Crippen LogP contribution in [0.5, 0.6) is 0 Å². The van der Waals surface area contributed by atoms with Gasteiger partial charge in [0, 0.05) is 49.6 Å². The fourth-order valence-corrected chi connectivity index (χ4v) is 7.79. The zero-order chi connectivity index (χ0) is 36.3. The van der Waals surface area contributed by atoms with Crippen LogP contribution >= 0.6 is 0 Å². The highest BCUT2D eigenvalue weighted by atomic mass is 32.2. The maximum absolute atomic E-state index is 12.1. The van der Waals surface area contributed by atoms with Crippen molar-refractivity contribution in [3.8, 4) is 0 Å². The zero-order valence-electron chi connectivity index (χ0n) is 28.1. The molecule has 1 aliphatic rings. The van der Waals surface area contributed by atoms with Crippen LogP contribution in [0, 0.1) is 6.92 Å². The van der Waals surface area contributed by atoms with Gasteiger partial charge in [-0.3, -0.25) is 13.7 Å². The summed E-state index contributed by atoms with van der Waals surface area (Å²) in [5.41, 5.74) is 2.84. The van der Waals surface area contributed by atoms with Gasteiger partial charge in [-0.05, 0) is 104 Å². The third-order valence-electron chi connectivity index (χ3n) is 8.99. The van der Waals surface area contributed by atoms with Crippen LogP contribution in [-0.4, -0.2) is 78.6 Å². The van der Waals surface area contributed by atoms with Gasteiger partial charge in [0.2, 0.25) is 0 Å². The van der Waals surface area contributed by atoms with Crippen LogP contribution in [0.3, 0.4) is 0 Å². The molecule has 2 aromatic rings. The smallest absolute Gasteiger partial charge is 0.294 e. The lowest BCUT2D eigenvalue weighted by Crippen LogP contribution is -2.31. The van der Waals surface area contributed by atoms with E-state index in [0.717, 1.165) is 5.56 Å². The maximum Gasteiger partial charge on any atom is 0.294 e. The number of anilines is 1. The first kappa shape index (κ1) is 39.5. The van der Waals surface area contributed by atoms with Crippen LogP contribution in [0.15, 0.2) is 81.8 Å². The first-order chi connectivity index (χ1) is 22.1. The molecule has 3 N–H and O–H groups in total. The van der Waals surface area contributed by atoms with Gasteiger partial charge in [0.05, 0.1) is 22.2 Å². The lowest BCUT2D eigenvalue weighted by Gasteiger charge is -2.33. The number of benzene rings is 2. The second kappa shape index (κ2) is 14.9. The van der Waals surface area contributed by atoms with Gasteiger partial charge in [-0.15, -0.1) is 0 Å². The summed E-state index contributed by atoms with van der Waals surface area (Å²) < 4.78 is 111. The lowest BCUT2D eigenvalue weighted by atomic mass is 9.72. The van der Waals surface area contributed by atoms with Gasteiger partial charge in [0.1, 0.15) is 0 Å². The van der Waals surface area contributed by atoms with Crippen molar-refractivity contribution in [1.82, 2.24) is 0 Å². The number of allylic oxidation sites excluding steroid dienone is 5. The van der Waals surface area contributed by atoms with E-state index in [9.17, 15) is 38.9 Å².